The highest BCUT2D eigenvalue weighted by Crippen LogP contribution is 2.14. The van der Waals surface area contributed by atoms with Crippen molar-refractivity contribution in [3.63, 3.8) is 0 Å². The molecule has 2 amide bonds. The second-order valence-corrected chi connectivity index (χ2v) is 7.36. The number of nitrogens with one attached hydrogen (secondary N) is 1. The number of benzene rings is 2. The van der Waals surface area contributed by atoms with Crippen LogP contribution in [0.2, 0.25) is 0 Å². The topological polar surface area (TPSA) is 75.4 Å². The first-order valence-electron chi connectivity index (χ1n) is 9.39. The van der Waals surface area contributed by atoms with Gasteiger partial charge in [0.15, 0.2) is 5.11 Å². The van der Waals surface area contributed by atoms with Crippen molar-refractivity contribution in [2.45, 2.75) is 32.6 Å². The van der Waals surface area contributed by atoms with Gasteiger partial charge in [-0.1, -0.05) is 56.3 Å². The third kappa shape index (κ3) is 6.78. The summed E-state index contributed by atoms with van der Waals surface area (Å²) in [5, 5.41) is 3.07. The van der Waals surface area contributed by atoms with E-state index >= 15 is 0 Å². The Morgan fingerprint density at radius 1 is 1.04 bits per heavy atom. The molecule has 0 unspecified atom stereocenters. The lowest BCUT2D eigenvalue weighted by molar-refractivity contribution is -0.118. The minimum Gasteiger partial charge on any atom is -0.370 e. The van der Waals surface area contributed by atoms with Crippen molar-refractivity contribution in [3.8, 4) is 0 Å². The van der Waals surface area contributed by atoms with Crippen molar-refractivity contribution >= 4 is 29.1 Å². The lowest BCUT2D eigenvalue weighted by atomic mass is 10.0. The van der Waals surface area contributed by atoms with Gasteiger partial charge in [-0.2, -0.15) is 0 Å². The number of nitrogens with zero attached hydrogens (tertiary/aromatic N) is 1. The molecule has 0 atom stereocenters. The van der Waals surface area contributed by atoms with Crippen LogP contribution in [0.15, 0.2) is 54.6 Å². The Balaban J connectivity index is 2.01. The third-order valence-electron chi connectivity index (χ3n) is 4.49. The van der Waals surface area contributed by atoms with E-state index in [1.165, 1.54) is 5.56 Å². The largest absolute Gasteiger partial charge is 0.370 e. The highest BCUT2D eigenvalue weighted by atomic mass is 32.1. The number of primary amides is 1. The van der Waals surface area contributed by atoms with E-state index in [2.05, 4.69) is 19.2 Å². The zero-order chi connectivity index (χ0) is 20.5. The molecule has 0 aromatic heterocycles. The highest BCUT2D eigenvalue weighted by Gasteiger charge is 2.15. The second kappa shape index (κ2) is 10.6. The summed E-state index contributed by atoms with van der Waals surface area (Å²) in [5.41, 5.74) is 8.16. The Morgan fingerprint density at radius 3 is 2.25 bits per heavy atom. The van der Waals surface area contributed by atoms with Gasteiger partial charge in [0.1, 0.15) is 0 Å². The van der Waals surface area contributed by atoms with Crippen LogP contribution in [0.1, 0.15) is 47.7 Å². The molecule has 5 nitrogen and oxygen atoms in total. The van der Waals surface area contributed by atoms with Gasteiger partial charge in [0.05, 0.1) is 0 Å². The number of hydrogen-bond acceptors (Lipinski definition) is 3. The Hall–Kier alpha value is -2.73. The number of rotatable bonds is 8. The van der Waals surface area contributed by atoms with Gasteiger partial charge in [0.25, 0.3) is 5.91 Å². The smallest absolute Gasteiger partial charge is 0.257 e. The van der Waals surface area contributed by atoms with Crippen molar-refractivity contribution in [1.29, 1.82) is 0 Å². The Bertz CT molecular complexity index is 804. The maximum atomic E-state index is 12.5. The van der Waals surface area contributed by atoms with Crippen LogP contribution in [0.3, 0.4) is 0 Å². The molecule has 148 valence electrons. The van der Waals surface area contributed by atoms with E-state index in [1.54, 1.807) is 12.1 Å². The fourth-order valence-corrected chi connectivity index (χ4v) is 3.01. The first-order valence-corrected chi connectivity index (χ1v) is 9.80. The van der Waals surface area contributed by atoms with Gasteiger partial charge in [-0.25, -0.2) is 0 Å². The molecule has 6 heteroatoms. The maximum absolute atomic E-state index is 12.5. The van der Waals surface area contributed by atoms with E-state index in [4.69, 9.17) is 18.0 Å². The number of thiocarbonyl (C=S) groups is 1. The van der Waals surface area contributed by atoms with Gasteiger partial charge in [-0.3, -0.25) is 14.9 Å². The van der Waals surface area contributed by atoms with Gasteiger partial charge in [-0.05, 0) is 47.8 Å². The van der Waals surface area contributed by atoms with Gasteiger partial charge in [0.2, 0.25) is 5.91 Å². The summed E-state index contributed by atoms with van der Waals surface area (Å²) < 4.78 is 0. The number of carbonyl (C=O) groups is 2. The monoisotopic (exact) mass is 397 g/mol. The molecule has 0 saturated carbocycles. The first-order chi connectivity index (χ1) is 13.4. The molecule has 0 aliphatic carbocycles. The van der Waals surface area contributed by atoms with Crippen molar-refractivity contribution in [3.05, 3.63) is 71.3 Å². The normalized spacial score (nSPS) is 10.5. The molecule has 2 rings (SSSR count). The number of nitrogens with two attached hydrogens (primary N) is 1. The summed E-state index contributed by atoms with van der Waals surface area (Å²) in [6.45, 7) is 5.16. The summed E-state index contributed by atoms with van der Waals surface area (Å²) in [6.07, 6.45) is 0.923. The van der Waals surface area contributed by atoms with Crippen molar-refractivity contribution in [2.75, 3.05) is 13.1 Å². The van der Waals surface area contributed by atoms with E-state index in [9.17, 15) is 9.59 Å². The van der Waals surface area contributed by atoms with Crippen LogP contribution < -0.4 is 11.1 Å². The molecule has 0 heterocycles. The van der Waals surface area contributed by atoms with E-state index in [1.807, 2.05) is 47.4 Å². The lowest BCUT2D eigenvalue weighted by Gasteiger charge is -2.25. The summed E-state index contributed by atoms with van der Waals surface area (Å²) in [6, 6.07) is 17.5. The number of amides is 2. The zero-order valence-corrected chi connectivity index (χ0v) is 17.2. The predicted molar refractivity (Wildman–Crippen MR) is 116 cm³/mol. The van der Waals surface area contributed by atoms with Gasteiger partial charge < -0.3 is 10.6 Å². The fraction of sp³-hybridized carbons (Fsp3) is 0.318. The van der Waals surface area contributed by atoms with Gasteiger partial charge in [0, 0.05) is 25.1 Å². The number of hydrogen-bond donors (Lipinski definition) is 2. The third-order valence-corrected chi connectivity index (χ3v) is 4.85. The number of carbonyl (C=O) groups excluding carboxylic acids is 2. The molecule has 0 aliphatic rings. The maximum Gasteiger partial charge on any atom is 0.257 e. The van der Waals surface area contributed by atoms with Crippen LogP contribution in [-0.4, -0.2) is 34.9 Å². The van der Waals surface area contributed by atoms with Crippen molar-refractivity contribution < 1.29 is 9.59 Å². The lowest BCUT2D eigenvalue weighted by Crippen LogP contribution is -2.44. The standard InChI is InChI=1S/C22H27N3O2S/c1-16(2)18-8-10-19(11-9-18)21(27)24-22(28)25(15-13-20(23)26)14-12-17-6-4-3-5-7-17/h3-11,16H,12-15H2,1-2H3,(H2,23,26)(H,24,27,28). The Labute approximate surface area is 171 Å². The van der Waals surface area contributed by atoms with Crippen LogP contribution in [0, 0.1) is 0 Å². The van der Waals surface area contributed by atoms with E-state index in [0.717, 1.165) is 12.0 Å². The minimum absolute atomic E-state index is 0.174. The van der Waals surface area contributed by atoms with E-state index < -0.39 is 5.91 Å². The molecular formula is C22H27N3O2S. The minimum atomic E-state index is -0.400. The Kier molecular flexibility index (Phi) is 8.14. The first kappa shape index (κ1) is 21.6. The highest BCUT2D eigenvalue weighted by molar-refractivity contribution is 7.80. The molecular weight excluding hydrogens is 370 g/mol. The molecule has 2 aromatic rings. The molecule has 0 spiro atoms. The summed E-state index contributed by atoms with van der Waals surface area (Å²) >= 11 is 5.43. The summed E-state index contributed by atoms with van der Waals surface area (Å²) in [4.78, 5) is 25.5. The molecule has 28 heavy (non-hydrogen) atoms. The molecule has 0 saturated heterocycles. The van der Waals surface area contributed by atoms with Crippen molar-refractivity contribution in [2.24, 2.45) is 5.73 Å². The summed E-state index contributed by atoms with van der Waals surface area (Å²) in [7, 11) is 0. The average molecular weight is 398 g/mol. The van der Waals surface area contributed by atoms with Gasteiger partial charge >= 0.3 is 0 Å². The summed E-state index contributed by atoms with van der Waals surface area (Å²) in [5.74, 6) is -0.257. The zero-order valence-electron chi connectivity index (χ0n) is 16.4. The molecule has 2 aromatic carbocycles. The van der Waals surface area contributed by atoms with E-state index in [0.29, 0.717) is 29.7 Å². The fourth-order valence-electron chi connectivity index (χ4n) is 2.74. The van der Waals surface area contributed by atoms with Crippen molar-refractivity contribution in [1.82, 2.24) is 10.2 Å². The van der Waals surface area contributed by atoms with E-state index in [-0.39, 0.29) is 12.3 Å². The molecule has 0 bridgehead atoms. The van der Waals surface area contributed by atoms with Crippen LogP contribution in [0.25, 0.3) is 0 Å². The SMILES string of the molecule is CC(C)c1ccc(C(=O)NC(=S)N(CCC(N)=O)CCc2ccccc2)cc1. The Morgan fingerprint density at radius 2 is 1.68 bits per heavy atom. The van der Waals surface area contributed by atoms with Crippen LogP contribution >= 0.6 is 12.2 Å². The quantitative estimate of drug-likeness (QED) is 0.671. The molecule has 0 radical (unpaired) electrons. The van der Waals surface area contributed by atoms with Crippen LogP contribution in [0.5, 0.6) is 0 Å². The van der Waals surface area contributed by atoms with Gasteiger partial charge in [-0.15, -0.1) is 0 Å². The van der Waals surface area contributed by atoms with Crippen LogP contribution in [0.4, 0.5) is 0 Å². The average Bonchev–Trinajstić information content (AvgIpc) is 2.68. The molecule has 0 fully saturated rings. The molecule has 0 aliphatic heterocycles. The molecule has 3 N–H and O–H groups in total. The van der Waals surface area contributed by atoms with Crippen LogP contribution in [-0.2, 0) is 11.2 Å². The predicted octanol–water partition coefficient (Wildman–Crippen LogP) is 3.24. The second-order valence-electron chi connectivity index (χ2n) is 6.97.